The molecule has 1 fully saturated rings. The van der Waals surface area contributed by atoms with Crippen molar-refractivity contribution in [3.63, 3.8) is 0 Å². The van der Waals surface area contributed by atoms with Crippen LogP contribution in [0.25, 0.3) is 0 Å². The second-order valence-corrected chi connectivity index (χ2v) is 6.74. The molecule has 1 saturated heterocycles. The van der Waals surface area contributed by atoms with Gasteiger partial charge in [0.05, 0.1) is 10.8 Å². The van der Waals surface area contributed by atoms with Crippen LogP contribution in [0.3, 0.4) is 0 Å². The van der Waals surface area contributed by atoms with E-state index in [1.54, 1.807) is 6.20 Å². The lowest BCUT2D eigenvalue weighted by molar-refractivity contribution is -0.130. The first-order chi connectivity index (χ1) is 10.2. The van der Waals surface area contributed by atoms with Crippen LogP contribution in [0.1, 0.15) is 4.88 Å². The van der Waals surface area contributed by atoms with Gasteiger partial charge < -0.3 is 9.80 Å². The fraction of sp³-hybridized carbons (Fsp3) is 0.333. The highest BCUT2D eigenvalue weighted by Gasteiger charge is 2.22. The first kappa shape index (κ1) is 14.4. The third kappa shape index (κ3) is 3.54. The number of halogens is 1. The van der Waals surface area contributed by atoms with Gasteiger partial charge in [0.15, 0.2) is 0 Å². The minimum atomic E-state index is 0.175. The standard InChI is InChI=1S/C15H16ClN3OS/c16-13-5-4-12(21-13)11-15(20)19-9-7-18(8-10-19)14-3-1-2-6-17-14/h1-6H,7-11H2. The molecule has 2 aromatic heterocycles. The Labute approximate surface area is 133 Å². The minimum Gasteiger partial charge on any atom is -0.353 e. The Hall–Kier alpha value is -1.59. The predicted octanol–water partition coefficient (Wildman–Crippen LogP) is 2.69. The van der Waals surface area contributed by atoms with Crippen molar-refractivity contribution in [2.75, 3.05) is 31.1 Å². The van der Waals surface area contributed by atoms with Crippen molar-refractivity contribution in [2.45, 2.75) is 6.42 Å². The van der Waals surface area contributed by atoms with Crippen LogP contribution in [0.5, 0.6) is 0 Å². The Morgan fingerprint density at radius 3 is 2.62 bits per heavy atom. The fourth-order valence-corrected chi connectivity index (χ4v) is 3.51. The zero-order valence-electron chi connectivity index (χ0n) is 11.5. The molecule has 21 heavy (non-hydrogen) atoms. The fourth-order valence-electron chi connectivity index (χ4n) is 2.43. The van der Waals surface area contributed by atoms with Crippen LogP contribution in [-0.2, 0) is 11.2 Å². The number of amides is 1. The zero-order chi connectivity index (χ0) is 14.7. The maximum absolute atomic E-state index is 12.3. The van der Waals surface area contributed by atoms with E-state index in [1.165, 1.54) is 11.3 Å². The molecule has 1 aliphatic rings. The van der Waals surface area contributed by atoms with Gasteiger partial charge >= 0.3 is 0 Å². The summed E-state index contributed by atoms with van der Waals surface area (Å²) < 4.78 is 0.734. The SMILES string of the molecule is O=C(Cc1ccc(Cl)s1)N1CCN(c2ccccn2)CC1. The maximum Gasteiger partial charge on any atom is 0.227 e. The molecule has 0 radical (unpaired) electrons. The Morgan fingerprint density at radius 2 is 2.00 bits per heavy atom. The second kappa shape index (κ2) is 6.45. The van der Waals surface area contributed by atoms with Gasteiger partial charge in [-0.1, -0.05) is 17.7 Å². The van der Waals surface area contributed by atoms with E-state index in [0.29, 0.717) is 6.42 Å². The van der Waals surface area contributed by atoms with Gasteiger partial charge in [0, 0.05) is 37.3 Å². The van der Waals surface area contributed by atoms with E-state index in [9.17, 15) is 4.79 Å². The normalized spacial score (nSPS) is 15.3. The summed E-state index contributed by atoms with van der Waals surface area (Å²) in [6.45, 7) is 3.14. The van der Waals surface area contributed by atoms with Crippen LogP contribution in [0.4, 0.5) is 5.82 Å². The Morgan fingerprint density at radius 1 is 1.19 bits per heavy atom. The molecular formula is C15H16ClN3OS. The van der Waals surface area contributed by atoms with Crippen LogP contribution < -0.4 is 4.90 Å². The van der Waals surface area contributed by atoms with Crippen LogP contribution in [-0.4, -0.2) is 42.0 Å². The van der Waals surface area contributed by atoms with Gasteiger partial charge in [-0.3, -0.25) is 4.79 Å². The van der Waals surface area contributed by atoms with E-state index < -0.39 is 0 Å². The molecule has 0 spiro atoms. The molecule has 1 amide bonds. The monoisotopic (exact) mass is 321 g/mol. The molecule has 4 nitrogen and oxygen atoms in total. The molecule has 0 unspecified atom stereocenters. The number of carbonyl (C=O) groups excluding carboxylic acids is 1. The van der Waals surface area contributed by atoms with Gasteiger partial charge in [-0.15, -0.1) is 11.3 Å². The van der Waals surface area contributed by atoms with E-state index in [1.807, 2.05) is 35.2 Å². The molecule has 0 aliphatic carbocycles. The van der Waals surface area contributed by atoms with Crippen molar-refractivity contribution in [3.05, 3.63) is 45.7 Å². The molecule has 0 saturated carbocycles. The van der Waals surface area contributed by atoms with Crippen LogP contribution in [0.15, 0.2) is 36.5 Å². The van der Waals surface area contributed by atoms with Gasteiger partial charge in [0.25, 0.3) is 0 Å². The van der Waals surface area contributed by atoms with Crippen LogP contribution in [0.2, 0.25) is 4.34 Å². The van der Waals surface area contributed by atoms with Gasteiger partial charge in [-0.25, -0.2) is 4.98 Å². The predicted molar refractivity (Wildman–Crippen MR) is 86.1 cm³/mol. The number of hydrogen-bond donors (Lipinski definition) is 0. The summed E-state index contributed by atoms with van der Waals surface area (Å²) >= 11 is 7.37. The van der Waals surface area contributed by atoms with Crippen molar-refractivity contribution in [1.29, 1.82) is 0 Å². The lowest BCUT2D eigenvalue weighted by atomic mass is 10.2. The third-order valence-electron chi connectivity index (χ3n) is 3.56. The molecule has 6 heteroatoms. The number of rotatable bonds is 3. The average Bonchev–Trinajstić information content (AvgIpc) is 2.93. The largest absolute Gasteiger partial charge is 0.353 e. The molecule has 0 atom stereocenters. The number of pyridine rings is 1. The van der Waals surface area contributed by atoms with Crippen molar-refractivity contribution in [3.8, 4) is 0 Å². The molecule has 0 aromatic carbocycles. The van der Waals surface area contributed by atoms with Gasteiger partial charge in [0.1, 0.15) is 5.82 Å². The highest BCUT2D eigenvalue weighted by molar-refractivity contribution is 7.16. The number of aromatic nitrogens is 1. The number of thiophene rings is 1. The first-order valence-electron chi connectivity index (χ1n) is 6.90. The molecule has 3 rings (SSSR count). The Kier molecular flexibility index (Phi) is 4.41. The summed E-state index contributed by atoms with van der Waals surface area (Å²) in [6, 6.07) is 9.67. The van der Waals surface area contributed by atoms with Crippen LogP contribution >= 0.6 is 22.9 Å². The number of anilines is 1. The highest BCUT2D eigenvalue weighted by atomic mass is 35.5. The quantitative estimate of drug-likeness (QED) is 0.872. The maximum atomic E-state index is 12.3. The number of nitrogens with zero attached hydrogens (tertiary/aromatic N) is 3. The third-order valence-corrected chi connectivity index (χ3v) is 4.79. The molecule has 110 valence electrons. The topological polar surface area (TPSA) is 36.4 Å². The van der Waals surface area contributed by atoms with E-state index in [0.717, 1.165) is 41.2 Å². The number of carbonyl (C=O) groups is 1. The van der Waals surface area contributed by atoms with E-state index in [-0.39, 0.29) is 5.91 Å². The van der Waals surface area contributed by atoms with Gasteiger partial charge in [0.2, 0.25) is 5.91 Å². The summed E-state index contributed by atoms with van der Waals surface area (Å²) in [4.78, 5) is 21.8. The van der Waals surface area contributed by atoms with E-state index >= 15 is 0 Å². The summed E-state index contributed by atoms with van der Waals surface area (Å²) in [6.07, 6.45) is 2.24. The van der Waals surface area contributed by atoms with Crippen molar-refractivity contribution in [1.82, 2.24) is 9.88 Å². The van der Waals surface area contributed by atoms with Crippen molar-refractivity contribution < 1.29 is 4.79 Å². The lowest BCUT2D eigenvalue weighted by Gasteiger charge is -2.35. The molecule has 3 heterocycles. The van der Waals surface area contributed by atoms with Crippen molar-refractivity contribution in [2.24, 2.45) is 0 Å². The smallest absolute Gasteiger partial charge is 0.227 e. The molecular weight excluding hydrogens is 306 g/mol. The Balaban J connectivity index is 1.54. The highest BCUT2D eigenvalue weighted by Crippen LogP contribution is 2.22. The summed E-state index contributed by atoms with van der Waals surface area (Å²) in [5.74, 6) is 1.16. The van der Waals surface area contributed by atoms with Gasteiger partial charge in [-0.2, -0.15) is 0 Å². The zero-order valence-corrected chi connectivity index (χ0v) is 13.1. The average molecular weight is 322 g/mol. The summed E-state index contributed by atoms with van der Waals surface area (Å²) in [7, 11) is 0. The number of hydrogen-bond acceptors (Lipinski definition) is 4. The first-order valence-corrected chi connectivity index (χ1v) is 8.10. The second-order valence-electron chi connectivity index (χ2n) is 4.94. The Bertz CT molecular complexity index is 608. The molecule has 0 bridgehead atoms. The van der Waals surface area contributed by atoms with Gasteiger partial charge in [-0.05, 0) is 24.3 Å². The van der Waals surface area contributed by atoms with E-state index in [2.05, 4.69) is 9.88 Å². The summed E-state index contributed by atoms with van der Waals surface area (Å²) in [5, 5.41) is 0. The molecule has 2 aromatic rings. The lowest BCUT2D eigenvalue weighted by Crippen LogP contribution is -2.49. The molecule has 1 aliphatic heterocycles. The van der Waals surface area contributed by atoms with Crippen molar-refractivity contribution >= 4 is 34.7 Å². The number of piperazine rings is 1. The van der Waals surface area contributed by atoms with E-state index in [4.69, 9.17) is 11.6 Å². The van der Waals surface area contributed by atoms with Crippen LogP contribution in [0, 0.1) is 0 Å². The summed E-state index contributed by atoms with van der Waals surface area (Å²) in [5.41, 5.74) is 0. The minimum absolute atomic E-state index is 0.175. The molecule has 0 N–H and O–H groups in total.